The quantitative estimate of drug-likeness (QED) is 0.0211. The average molecular weight is 1160 g/mol. The van der Waals surface area contributed by atoms with E-state index < -0.39 is 24.3 Å². The molecule has 0 bridgehead atoms. The summed E-state index contributed by atoms with van der Waals surface area (Å²) in [5.74, 6) is -2.01. The van der Waals surface area contributed by atoms with Crippen LogP contribution in [-0.4, -0.2) is 87.4 Å². The molecule has 2 atom stereocenters. The van der Waals surface area contributed by atoms with Gasteiger partial charge in [0.2, 0.25) is 0 Å². The van der Waals surface area contributed by atoms with E-state index in [2.05, 4.69) is 123 Å². The van der Waals surface area contributed by atoms with Crippen LogP contribution in [0.1, 0.15) is 284 Å². The van der Waals surface area contributed by atoms with Gasteiger partial charge in [-0.2, -0.15) is 0 Å². The molecule has 0 spiro atoms. The molecule has 0 aromatic rings. The van der Waals surface area contributed by atoms with Gasteiger partial charge < -0.3 is 28.5 Å². The second-order valence-corrected chi connectivity index (χ2v) is 23.7. The van der Waals surface area contributed by atoms with Crippen molar-refractivity contribution in [3.8, 4) is 0 Å². The molecule has 476 valence electrons. The number of quaternary nitrogens is 1. The number of rotatable bonds is 62. The van der Waals surface area contributed by atoms with E-state index in [1.54, 1.807) is 0 Å². The number of allylic oxidation sites excluding steroid dienone is 18. The van der Waals surface area contributed by atoms with Crippen molar-refractivity contribution in [2.45, 2.75) is 296 Å². The third-order valence-electron chi connectivity index (χ3n) is 14.5. The Morgan fingerprint density at radius 1 is 0.373 bits per heavy atom. The SMILES string of the molecule is CC/C=C\C/C=C\C/C=C\C/C=C\C/C=C\C/C=C\C/C=C\C/C=C\CCCCCCCCCCCCC(=O)OC(COC(=O)CCCCCCCCCCCCC/C=C\CCCCCCCCCC)COC(OCC[N+](C)(C)C)C(=O)O. The Hall–Kier alpha value is -4.05. The summed E-state index contributed by atoms with van der Waals surface area (Å²) >= 11 is 0. The monoisotopic (exact) mass is 1160 g/mol. The van der Waals surface area contributed by atoms with Gasteiger partial charge in [0.1, 0.15) is 13.2 Å². The number of hydrogen-bond acceptors (Lipinski definition) is 7. The lowest BCUT2D eigenvalue weighted by atomic mass is 10.0. The summed E-state index contributed by atoms with van der Waals surface area (Å²) in [7, 11) is 5.97. The largest absolute Gasteiger partial charge is 0.477 e. The molecule has 0 amide bonds. The molecule has 0 aliphatic carbocycles. The van der Waals surface area contributed by atoms with Crippen molar-refractivity contribution in [3.63, 3.8) is 0 Å². The van der Waals surface area contributed by atoms with Gasteiger partial charge in [0, 0.05) is 12.8 Å². The molecule has 0 aromatic heterocycles. The fourth-order valence-corrected chi connectivity index (χ4v) is 9.32. The summed E-state index contributed by atoms with van der Waals surface area (Å²) in [5.41, 5.74) is 0. The molecule has 1 N–H and O–H groups in total. The summed E-state index contributed by atoms with van der Waals surface area (Å²) < 4.78 is 23.0. The molecule has 0 saturated heterocycles. The molecule has 0 aromatic carbocycles. The number of esters is 2. The first kappa shape index (κ1) is 79.0. The van der Waals surface area contributed by atoms with E-state index in [1.807, 2.05) is 21.1 Å². The van der Waals surface area contributed by atoms with Gasteiger partial charge in [-0.05, 0) is 103 Å². The maximum Gasteiger partial charge on any atom is 0.361 e. The number of nitrogens with zero attached hydrogens (tertiary/aromatic N) is 1. The summed E-state index contributed by atoms with van der Waals surface area (Å²) in [4.78, 5) is 37.6. The van der Waals surface area contributed by atoms with Gasteiger partial charge in [0.05, 0.1) is 34.4 Å². The van der Waals surface area contributed by atoms with E-state index in [9.17, 15) is 19.5 Å². The summed E-state index contributed by atoms with van der Waals surface area (Å²) in [5, 5.41) is 9.74. The van der Waals surface area contributed by atoms with Crippen LogP contribution in [0, 0.1) is 0 Å². The van der Waals surface area contributed by atoms with E-state index in [4.69, 9.17) is 18.9 Å². The molecule has 83 heavy (non-hydrogen) atoms. The summed E-state index contributed by atoms with van der Waals surface area (Å²) in [6.45, 7) is 4.78. The fraction of sp³-hybridized carbons (Fsp3) is 0.716. The fourth-order valence-electron chi connectivity index (χ4n) is 9.32. The van der Waals surface area contributed by atoms with Crippen LogP contribution in [0.25, 0.3) is 0 Å². The lowest BCUT2D eigenvalue weighted by molar-refractivity contribution is -0.870. The van der Waals surface area contributed by atoms with Crippen LogP contribution in [0.5, 0.6) is 0 Å². The van der Waals surface area contributed by atoms with Crippen LogP contribution >= 0.6 is 0 Å². The predicted octanol–water partition coefficient (Wildman–Crippen LogP) is 21.0. The van der Waals surface area contributed by atoms with Gasteiger partial charge >= 0.3 is 17.9 Å². The summed E-state index contributed by atoms with van der Waals surface area (Å²) in [6, 6.07) is 0. The first-order valence-electron chi connectivity index (χ1n) is 34.1. The smallest absolute Gasteiger partial charge is 0.361 e. The van der Waals surface area contributed by atoms with E-state index in [-0.39, 0.29) is 32.2 Å². The Bertz CT molecular complexity index is 1730. The minimum Gasteiger partial charge on any atom is -0.477 e. The normalized spacial score (nSPS) is 13.4. The highest BCUT2D eigenvalue weighted by Gasteiger charge is 2.25. The van der Waals surface area contributed by atoms with Crippen LogP contribution in [0.2, 0.25) is 0 Å². The molecule has 0 aliphatic rings. The average Bonchev–Trinajstić information content (AvgIpc) is 3.46. The minimum atomic E-state index is -1.52. The Balaban J connectivity index is 4.17. The van der Waals surface area contributed by atoms with E-state index >= 15 is 0 Å². The lowest BCUT2D eigenvalue weighted by Gasteiger charge is -2.25. The zero-order valence-corrected chi connectivity index (χ0v) is 54.3. The highest BCUT2D eigenvalue weighted by atomic mass is 16.7. The second-order valence-electron chi connectivity index (χ2n) is 23.7. The van der Waals surface area contributed by atoms with Gasteiger partial charge in [-0.15, -0.1) is 0 Å². The van der Waals surface area contributed by atoms with E-state index in [0.29, 0.717) is 23.9 Å². The summed E-state index contributed by atoms with van der Waals surface area (Å²) in [6.07, 6.45) is 86.1. The molecule has 0 rings (SSSR count). The number of ether oxygens (including phenoxy) is 4. The standard InChI is InChI=1S/C74H127NO8/c1-6-8-10-12-14-16-18-20-22-24-26-28-30-31-32-33-34-35-36-37-38-39-40-41-43-45-47-49-51-53-55-57-59-61-63-65-72(77)83-70(69-82-74(73(78)79)80-67-66-75(3,4)5)68-81-71(76)64-62-60-58-56-54-52-50-48-46-44-42-29-27-25-23-21-19-17-15-13-11-9-7-2/h8,10,14,16,20,22,25-28,31-32,34-35,37-38,40-41,70,74H,6-7,9,11-13,15,17-19,21,23-24,29-30,33,36,39,42-69H2,1-5H3/p+1/b10-8-,16-14-,22-20-,27-25-,28-26-,32-31-,35-34-,38-37-,41-40-. The second kappa shape index (κ2) is 64.0. The van der Waals surface area contributed by atoms with Crippen molar-refractivity contribution >= 4 is 17.9 Å². The van der Waals surface area contributed by atoms with Crippen LogP contribution in [0.15, 0.2) is 109 Å². The van der Waals surface area contributed by atoms with Crippen LogP contribution in [-0.2, 0) is 33.3 Å². The highest BCUT2D eigenvalue weighted by molar-refractivity contribution is 5.71. The van der Waals surface area contributed by atoms with Crippen molar-refractivity contribution in [3.05, 3.63) is 109 Å². The third kappa shape index (κ3) is 65.3. The van der Waals surface area contributed by atoms with Crippen molar-refractivity contribution in [1.82, 2.24) is 0 Å². The molecule has 0 heterocycles. The first-order valence-corrected chi connectivity index (χ1v) is 34.1. The number of aliphatic carboxylic acids is 1. The Morgan fingerprint density at radius 3 is 1.04 bits per heavy atom. The molecule has 9 heteroatoms. The zero-order valence-electron chi connectivity index (χ0n) is 54.3. The number of carboxylic acids is 1. The lowest BCUT2D eigenvalue weighted by Crippen LogP contribution is -2.40. The van der Waals surface area contributed by atoms with Crippen LogP contribution < -0.4 is 0 Å². The van der Waals surface area contributed by atoms with Crippen molar-refractivity contribution in [1.29, 1.82) is 0 Å². The van der Waals surface area contributed by atoms with Gasteiger partial charge in [-0.25, -0.2) is 4.79 Å². The molecule has 0 fully saturated rings. The number of carbonyl (C=O) groups excluding carboxylic acids is 2. The van der Waals surface area contributed by atoms with E-state index in [0.717, 1.165) is 96.3 Å². The van der Waals surface area contributed by atoms with Crippen molar-refractivity contribution in [2.75, 3.05) is 47.5 Å². The molecular formula is C74H128NO8+. The number of unbranched alkanes of at least 4 members (excludes halogenated alkanes) is 29. The minimum absolute atomic E-state index is 0.183. The molecular weight excluding hydrogens is 1030 g/mol. The Kier molecular flexibility index (Phi) is 60.8. The van der Waals surface area contributed by atoms with Crippen molar-refractivity contribution in [2.24, 2.45) is 0 Å². The number of carboxylic acid groups (broad SMARTS) is 1. The number of likely N-dealkylation sites (N-methyl/N-ethyl adjacent to an activating group) is 1. The van der Waals surface area contributed by atoms with Gasteiger partial charge in [-0.1, -0.05) is 277 Å². The van der Waals surface area contributed by atoms with Crippen LogP contribution in [0.3, 0.4) is 0 Å². The first-order chi connectivity index (χ1) is 40.6. The molecule has 0 radical (unpaired) electrons. The maximum absolute atomic E-state index is 12.9. The predicted molar refractivity (Wildman–Crippen MR) is 355 cm³/mol. The van der Waals surface area contributed by atoms with Gasteiger partial charge in [0.25, 0.3) is 6.29 Å². The topological polar surface area (TPSA) is 108 Å². The third-order valence-corrected chi connectivity index (χ3v) is 14.5. The number of carbonyl (C=O) groups is 3. The van der Waals surface area contributed by atoms with Crippen LogP contribution in [0.4, 0.5) is 0 Å². The highest BCUT2D eigenvalue weighted by Crippen LogP contribution is 2.16. The van der Waals surface area contributed by atoms with E-state index in [1.165, 1.54) is 154 Å². The maximum atomic E-state index is 12.9. The molecule has 0 aliphatic heterocycles. The van der Waals surface area contributed by atoms with Gasteiger partial charge in [0.15, 0.2) is 6.10 Å². The Morgan fingerprint density at radius 2 is 0.687 bits per heavy atom. The van der Waals surface area contributed by atoms with Crippen molar-refractivity contribution < 1.29 is 42.9 Å². The molecule has 9 nitrogen and oxygen atoms in total. The Labute approximate surface area is 511 Å². The molecule has 0 saturated carbocycles. The van der Waals surface area contributed by atoms with Gasteiger partial charge in [-0.3, -0.25) is 9.59 Å². The zero-order chi connectivity index (χ0) is 60.5. The number of hydrogen-bond donors (Lipinski definition) is 1. The molecule has 2 unspecified atom stereocenters.